The van der Waals surface area contributed by atoms with Crippen LogP contribution in [0.5, 0.6) is 0 Å². The highest BCUT2D eigenvalue weighted by molar-refractivity contribution is 5.71. The molecule has 1 unspecified atom stereocenters. The Bertz CT molecular complexity index is 920. The van der Waals surface area contributed by atoms with Gasteiger partial charge in [0.25, 0.3) is 0 Å². The van der Waals surface area contributed by atoms with Gasteiger partial charge in [0.05, 0.1) is 0 Å². The third-order valence-electron chi connectivity index (χ3n) is 12.9. The van der Waals surface area contributed by atoms with Crippen molar-refractivity contribution in [1.29, 1.82) is 0 Å². The number of unbranched alkanes of at least 4 members (excludes halogenated alkanes) is 41. The second-order valence-corrected chi connectivity index (χ2v) is 19.2. The highest BCUT2D eigenvalue weighted by Crippen LogP contribution is 2.18. The van der Waals surface area contributed by atoms with Gasteiger partial charge in [0.2, 0.25) is 0 Å². The molecule has 0 aromatic carbocycles. The largest absolute Gasteiger partial charge is 0.462 e. The highest BCUT2D eigenvalue weighted by Gasteiger charge is 2.19. The lowest BCUT2D eigenvalue weighted by Crippen LogP contribution is -2.30. The number of esters is 3. The van der Waals surface area contributed by atoms with Crippen molar-refractivity contribution in [2.24, 2.45) is 0 Å². The molecule has 0 radical (unpaired) electrons. The lowest BCUT2D eigenvalue weighted by molar-refractivity contribution is -0.167. The van der Waals surface area contributed by atoms with Gasteiger partial charge in [-0.1, -0.05) is 284 Å². The molecule has 62 heavy (non-hydrogen) atoms. The van der Waals surface area contributed by atoms with Gasteiger partial charge in [0.15, 0.2) is 6.10 Å². The minimum absolute atomic E-state index is 0.0624. The van der Waals surface area contributed by atoms with Crippen LogP contribution in [0, 0.1) is 0 Å². The topological polar surface area (TPSA) is 78.9 Å². The summed E-state index contributed by atoms with van der Waals surface area (Å²) in [5.41, 5.74) is 0. The molecule has 0 aliphatic carbocycles. The van der Waals surface area contributed by atoms with E-state index in [1.807, 2.05) is 0 Å². The van der Waals surface area contributed by atoms with Crippen molar-refractivity contribution in [2.45, 2.75) is 329 Å². The molecule has 0 aliphatic rings. The number of hydrogen-bond donors (Lipinski definition) is 0. The first-order valence-corrected chi connectivity index (χ1v) is 28.0. The van der Waals surface area contributed by atoms with Crippen LogP contribution < -0.4 is 0 Å². The van der Waals surface area contributed by atoms with Crippen LogP contribution in [0.4, 0.5) is 0 Å². The maximum atomic E-state index is 12.8. The summed E-state index contributed by atoms with van der Waals surface area (Å²) in [4.78, 5) is 37.8. The van der Waals surface area contributed by atoms with Gasteiger partial charge in [0.1, 0.15) is 13.2 Å². The van der Waals surface area contributed by atoms with E-state index in [1.165, 1.54) is 225 Å². The molecular formula is C56H108O6. The lowest BCUT2D eigenvalue weighted by Gasteiger charge is -2.18. The Morgan fingerprint density at radius 1 is 0.258 bits per heavy atom. The van der Waals surface area contributed by atoms with Gasteiger partial charge in [-0.05, 0) is 19.3 Å². The summed E-state index contributed by atoms with van der Waals surface area (Å²) in [6.45, 7) is 6.64. The Hall–Kier alpha value is -1.59. The maximum absolute atomic E-state index is 12.8. The fourth-order valence-corrected chi connectivity index (χ4v) is 8.62. The summed E-state index contributed by atoms with van der Waals surface area (Å²) >= 11 is 0. The van der Waals surface area contributed by atoms with Gasteiger partial charge in [-0.3, -0.25) is 14.4 Å². The molecule has 6 heteroatoms. The third-order valence-corrected chi connectivity index (χ3v) is 12.9. The second kappa shape index (κ2) is 52.0. The summed E-state index contributed by atoms with van der Waals surface area (Å²) in [5.74, 6) is -0.849. The highest BCUT2D eigenvalue weighted by atomic mass is 16.6. The van der Waals surface area contributed by atoms with Gasteiger partial charge in [-0.25, -0.2) is 0 Å². The quantitative estimate of drug-likeness (QED) is 0.0344. The molecule has 0 bridgehead atoms. The standard InChI is InChI=1S/C56H108O6/c1-4-7-10-13-16-18-20-22-24-25-26-27-28-29-30-31-33-34-36-38-40-43-46-49-55(58)61-52-53(51-60-54(57)48-45-42-15-12-9-6-3)62-56(59)50-47-44-41-39-37-35-32-23-21-19-17-14-11-8-5-2/h53H,4-52H2,1-3H3. The SMILES string of the molecule is CCCCCCCCCCCCCCCCCCCCCCCCCC(=O)OCC(COC(=O)CCCCCCCC)OC(=O)CCCCCCCCCCCCCCCCC. The zero-order chi connectivity index (χ0) is 45.1. The summed E-state index contributed by atoms with van der Waals surface area (Å²) in [6.07, 6.45) is 57.0. The van der Waals surface area contributed by atoms with Crippen LogP contribution in [0.1, 0.15) is 323 Å². The van der Waals surface area contributed by atoms with Crippen LogP contribution in [0.25, 0.3) is 0 Å². The molecule has 0 N–H and O–H groups in total. The fraction of sp³-hybridized carbons (Fsp3) is 0.946. The van der Waals surface area contributed by atoms with Gasteiger partial charge in [0, 0.05) is 19.3 Å². The van der Waals surface area contributed by atoms with Crippen LogP contribution in [-0.4, -0.2) is 37.2 Å². The zero-order valence-electron chi connectivity index (χ0n) is 42.2. The van der Waals surface area contributed by atoms with Crippen molar-refractivity contribution in [3.8, 4) is 0 Å². The normalized spacial score (nSPS) is 11.9. The van der Waals surface area contributed by atoms with E-state index >= 15 is 0 Å². The molecule has 0 aromatic rings. The first-order valence-electron chi connectivity index (χ1n) is 28.0. The molecule has 0 aliphatic heterocycles. The van der Waals surface area contributed by atoms with Crippen LogP contribution in [0.3, 0.4) is 0 Å². The Kier molecular flexibility index (Phi) is 50.7. The fourth-order valence-electron chi connectivity index (χ4n) is 8.62. The molecule has 0 saturated carbocycles. The van der Waals surface area contributed by atoms with E-state index in [-0.39, 0.29) is 31.1 Å². The predicted molar refractivity (Wildman–Crippen MR) is 266 cm³/mol. The predicted octanol–water partition coefficient (Wildman–Crippen LogP) is 18.4. The molecule has 6 nitrogen and oxygen atoms in total. The molecule has 368 valence electrons. The summed E-state index contributed by atoms with van der Waals surface area (Å²) < 4.78 is 16.7. The monoisotopic (exact) mass is 877 g/mol. The van der Waals surface area contributed by atoms with E-state index in [0.717, 1.165) is 57.8 Å². The number of hydrogen-bond acceptors (Lipinski definition) is 6. The maximum Gasteiger partial charge on any atom is 0.306 e. The minimum Gasteiger partial charge on any atom is -0.462 e. The first kappa shape index (κ1) is 60.4. The molecule has 0 heterocycles. The molecule has 1 atom stereocenters. The Morgan fingerprint density at radius 3 is 0.645 bits per heavy atom. The van der Waals surface area contributed by atoms with Gasteiger partial charge >= 0.3 is 17.9 Å². The minimum atomic E-state index is -0.759. The van der Waals surface area contributed by atoms with E-state index in [4.69, 9.17) is 14.2 Å². The van der Waals surface area contributed by atoms with Crippen molar-refractivity contribution in [1.82, 2.24) is 0 Å². The first-order chi connectivity index (χ1) is 30.5. The van der Waals surface area contributed by atoms with Crippen LogP contribution in [0.15, 0.2) is 0 Å². The van der Waals surface area contributed by atoms with Crippen molar-refractivity contribution >= 4 is 17.9 Å². The zero-order valence-corrected chi connectivity index (χ0v) is 42.2. The smallest absolute Gasteiger partial charge is 0.306 e. The van der Waals surface area contributed by atoms with Crippen LogP contribution >= 0.6 is 0 Å². The number of rotatable bonds is 52. The van der Waals surface area contributed by atoms with Gasteiger partial charge in [-0.2, -0.15) is 0 Å². The van der Waals surface area contributed by atoms with Crippen molar-refractivity contribution in [3.05, 3.63) is 0 Å². The second-order valence-electron chi connectivity index (χ2n) is 19.2. The molecule has 0 amide bonds. The molecule has 0 fully saturated rings. The average Bonchev–Trinajstić information content (AvgIpc) is 3.27. The summed E-state index contributed by atoms with van der Waals surface area (Å²) in [6, 6.07) is 0. The molecule has 0 rings (SSSR count). The van der Waals surface area contributed by atoms with Crippen molar-refractivity contribution in [3.63, 3.8) is 0 Å². The van der Waals surface area contributed by atoms with Gasteiger partial charge < -0.3 is 14.2 Å². The molecule has 0 spiro atoms. The number of ether oxygens (including phenoxy) is 3. The van der Waals surface area contributed by atoms with Crippen molar-refractivity contribution < 1.29 is 28.6 Å². The number of carbonyl (C=O) groups excluding carboxylic acids is 3. The van der Waals surface area contributed by atoms with E-state index < -0.39 is 6.10 Å². The number of carbonyl (C=O) groups is 3. The third kappa shape index (κ3) is 49.4. The van der Waals surface area contributed by atoms with E-state index in [9.17, 15) is 14.4 Å². The average molecular weight is 877 g/mol. The lowest BCUT2D eigenvalue weighted by atomic mass is 10.0. The Balaban J connectivity index is 4.05. The Morgan fingerprint density at radius 2 is 0.435 bits per heavy atom. The molecular weight excluding hydrogens is 769 g/mol. The summed E-state index contributed by atoms with van der Waals surface area (Å²) in [7, 11) is 0. The van der Waals surface area contributed by atoms with E-state index in [0.29, 0.717) is 19.3 Å². The van der Waals surface area contributed by atoms with Gasteiger partial charge in [-0.15, -0.1) is 0 Å². The van der Waals surface area contributed by atoms with Crippen molar-refractivity contribution in [2.75, 3.05) is 13.2 Å². The summed E-state index contributed by atoms with van der Waals surface area (Å²) in [5, 5.41) is 0. The Labute approximate surface area is 387 Å². The van der Waals surface area contributed by atoms with E-state index in [1.54, 1.807) is 0 Å². The molecule has 0 saturated heterocycles. The van der Waals surface area contributed by atoms with Crippen LogP contribution in [0.2, 0.25) is 0 Å². The van der Waals surface area contributed by atoms with Crippen LogP contribution in [-0.2, 0) is 28.6 Å². The molecule has 0 aromatic heterocycles. The van der Waals surface area contributed by atoms with E-state index in [2.05, 4.69) is 20.8 Å².